The molecule has 0 saturated heterocycles. The molecule has 30 heavy (non-hydrogen) atoms. The van der Waals surface area contributed by atoms with Crippen LogP contribution in [0.1, 0.15) is 18.7 Å². The molecule has 0 spiro atoms. The molecule has 10 nitrogen and oxygen atoms in total. The van der Waals surface area contributed by atoms with Crippen molar-refractivity contribution in [3.63, 3.8) is 0 Å². The third kappa shape index (κ3) is 5.53. The first-order valence-corrected chi connectivity index (χ1v) is 9.16. The summed E-state index contributed by atoms with van der Waals surface area (Å²) in [5.41, 5.74) is 1.12. The Morgan fingerprint density at radius 3 is 2.87 bits per heavy atom. The molecular weight excluding hydrogens is 392 g/mol. The average Bonchev–Trinajstić information content (AvgIpc) is 3.24. The Bertz CT molecular complexity index is 1020. The molecule has 0 bridgehead atoms. The smallest absolute Gasteiger partial charge is 0.306 e. The number of benzene rings is 2. The van der Waals surface area contributed by atoms with Gasteiger partial charge in [-0.05, 0) is 24.6 Å². The molecule has 0 aliphatic heterocycles. The molecule has 1 N–H and O–H groups in total. The van der Waals surface area contributed by atoms with E-state index >= 15 is 0 Å². The van der Waals surface area contributed by atoms with Crippen LogP contribution in [0.5, 0.6) is 5.75 Å². The molecule has 3 rings (SSSR count). The minimum Gasteiger partial charge on any atom is -0.497 e. The maximum Gasteiger partial charge on any atom is 0.306 e. The quantitative estimate of drug-likeness (QED) is 0.230. The molecule has 0 radical (unpaired) electrons. The number of esters is 1. The second-order valence-electron chi connectivity index (χ2n) is 6.21. The van der Waals surface area contributed by atoms with Crippen molar-refractivity contribution in [2.24, 2.45) is 0 Å². The van der Waals surface area contributed by atoms with Crippen molar-refractivity contribution >= 4 is 17.3 Å². The summed E-state index contributed by atoms with van der Waals surface area (Å²) >= 11 is 0. The topological polar surface area (TPSA) is 130 Å². The van der Waals surface area contributed by atoms with Gasteiger partial charge in [-0.2, -0.15) is 4.98 Å². The number of anilines is 1. The Kier molecular flexibility index (Phi) is 6.93. The van der Waals surface area contributed by atoms with E-state index < -0.39 is 10.9 Å². The highest BCUT2D eigenvalue weighted by Gasteiger charge is 2.13. The SMILES string of the molecule is COc1cccc(-c2noc(COC(=O)CCCNc3ccccc3[N+](=O)[O-])n2)c1. The van der Waals surface area contributed by atoms with Crippen molar-refractivity contribution in [3.8, 4) is 17.1 Å². The van der Waals surface area contributed by atoms with Crippen LogP contribution in [0.2, 0.25) is 0 Å². The van der Waals surface area contributed by atoms with Crippen LogP contribution in [0.3, 0.4) is 0 Å². The van der Waals surface area contributed by atoms with E-state index in [2.05, 4.69) is 15.5 Å². The number of carbonyl (C=O) groups excluding carboxylic acids is 1. The van der Waals surface area contributed by atoms with Crippen molar-refractivity contribution in [2.45, 2.75) is 19.4 Å². The minimum absolute atomic E-state index is 0.0108. The molecular formula is C20H20N4O6. The first-order valence-electron chi connectivity index (χ1n) is 9.16. The Hall–Kier alpha value is -3.95. The predicted molar refractivity (Wildman–Crippen MR) is 107 cm³/mol. The number of nitro groups is 1. The number of aromatic nitrogens is 2. The Morgan fingerprint density at radius 2 is 2.07 bits per heavy atom. The highest BCUT2D eigenvalue weighted by Crippen LogP contribution is 2.23. The fourth-order valence-corrected chi connectivity index (χ4v) is 2.65. The zero-order valence-electron chi connectivity index (χ0n) is 16.2. The number of carbonyl (C=O) groups is 1. The molecule has 0 aliphatic carbocycles. The van der Waals surface area contributed by atoms with Gasteiger partial charge in [0.25, 0.3) is 11.6 Å². The van der Waals surface area contributed by atoms with Gasteiger partial charge in [0, 0.05) is 24.6 Å². The molecule has 2 aromatic carbocycles. The summed E-state index contributed by atoms with van der Waals surface area (Å²) in [7, 11) is 1.57. The summed E-state index contributed by atoms with van der Waals surface area (Å²) < 4.78 is 15.4. The first-order chi connectivity index (χ1) is 14.6. The number of nitro benzene ring substituents is 1. The number of hydrogen-bond acceptors (Lipinski definition) is 9. The third-order valence-electron chi connectivity index (χ3n) is 4.13. The van der Waals surface area contributed by atoms with Gasteiger partial charge < -0.3 is 19.3 Å². The number of nitrogens with zero attached hydrogens (tertiary/aromatic N) is 3. The van der Waals surface area contributed by atoms with E-state index in [0.29, 0.717) is 30.2 Å². The zero-order chi connectivity index (χ0) is 21.3. The van der Waals surface area contributed by atoms with Crippen LogP contribution in [-0.4, -0.2) is 34.7 Å². The van der Waals surface area contributed by atoms with Crippen molar-refractivity contribution in [3.05, 3.63) is 64.5 Å². The number of nitrogens with one attached hydrogen (secondary N) is 1. The highest BCUT2D eigenvalue weighted by atomic mass is 16.6. The lowest BCUT2D eigenvalue weighted by Crippen LogP contribution is -2.09. The summed E-state index contributed by atoms with van der Waals surface area (Å²) in [5, 5.41) is 17.8. The fourth-order valence-electron chi connectivity index (χ4n) is 2.65. The summed E-state index contributed by atoms with van der Waals surface area (Å²) in [4.78, 5) is 26.6. The van der Waals surface area contributed by atoms with E-state index in [-0.39, 0.29) is 24.6 Å². The zero-order valence-corrected chi connectivity index (χ0v) is 16.2. The maximum atomic E-state index is 11.9. The lowest BCUT2D eigenvalue weighted by atomic mass is 10.2. The molecule has 0 saturated carbocycles. The lowest BCUT2D eigenvalue weighted by Gasteiger charge is -2.06. The number of methoxy groups -OCH3 is 1. The Morgan fingerprint density at radius 1 is 1.23 bits per heavy atom. The number of rotatable bonds is 10. The molecule has 10 heteroatoms. The number of hydrogen-bond donors (Lipinski definition) is 1. The van der Waals surface area contributed by atoms with Crippen molar-refractivity contribution in [1.29, 1.82) is 0 Å². The third-order valence-corrected chi connectivity index (χ3v) is 4.13. The second kappa shape index (κ2) is 10.0. The van der Waals surface area contributed by atoms with E-state index in [4.69, 9.17) is 14.0 Å². The van der Waals surface area contributed by atoms with Gasteiger partial charge in [0.05, 0.1) is 12.0 Å². The van der Waals surface area contributed by atoms with Crippen LogP contribution in [0, 0.1) is 10.1 Å². The summed E-state index contributed by atoms with van der Waals surface area (Å²) in [6.07, 6.45) is 0.592. The van der Waals surface area contributed by atoms with Gasteiger partial charge in [0.2, 0.25) is 5.82 Å². The Balaban J connectivity index is 1.42. The molecule has 1 aromatic heterocycles. The molecule has 0 aliphatic rings. The van der Waals surface area contributed by atoms with E-state index in [1.165, 1.54) is 6.07 Å². The Labute approximate surface area is 172 Å². The van der Waals surface area contributed by atoms with Gasteiger partial charge >= 0.3 is 5.97 Å². The van der Waals surface area contributed by atoms with E-state index in [0.717, 1.165) is 5.56 Å². The molecule has 156 valence electrons. The molecule has 3 aromatic rings. The van der Waals surface area contributed by atoms with Crippen molar-refractivity contribution in [2.75, 3.05) is 19.0 Å². The fraction of sp³-hybridized carbons (Fsp3) is 0.250. The highest BCUT2D eigenvalue weighted by molar-refractivity contribution is 5.69. The molecule has 0 fully saturated rings. The van der Waals surface area contributed by atoms with E-state index in [1.54, 1.807) is 37.4 Å². The van der Waals surface area contributed by atoms with Gasteiger partial charge in [0.1, 0.15) is 11.4 Å². The van der Waals surface area contributed by atoms with E-state index in [1.807, 2.05) is 12.1 Å². The van der Waals surface area contributed by atoms with Gasteiger partial charge in [-0.1, -0.05) is 29.4 Å². The van der Waals surface area contributed by atoms with Crippen molar-refractivity contribution < 1.29 is 23.7 Å². The monoisotopic (exact) mass is 412 g/mol. The number of ether oxygens (including phenoxy) is 2. The molecule has 0 amide bonds. The van der Waals surface area contributed by atoms with Gasteiger partial charge in [-0.25, -0.2) is 0 Å². The van der Waals surface area contributed by atoms with Crippen LogP contribution in [-0.2, 0) is 16.1 Å². The van der Waals surface area contributed by atoms with Gasteiger partial charge in [-0.15, -0.1) is 0 Å². The molecule has 0 unspecified atom stereocenters. The lowest BCUT2D eigenvalue weighted by molar-refractivity contribution is -0.384. The minimum atomic E-state index is -0.458. The normalized spacial score (nSPS) is 10.4. The van der Waals surface area contributed by atoms with Crippen LogP contribution in [0.4, 0.5) is 11.4 Å². The number of para-hydroxylation sites is 2. The van der Waals surface area contributed by atoms with Crippen LogP contribution in [0.25, 0.3) is 11.4 Å². The standard InChI is InChI=1S/C20H20N4O6/c1-28-15-7-4-6-14(12-15)20-22-18(30-23-20)13-29-19(25)10-5-11-21-16-8-2-3-9-17(16)24(26)27/h2-4,6-9,12,21H,5,10-11,13H2,1H3. The first kappa shape index (κ1) is 20.8. The summed E-state index contributed by atoms with van der Waals surface area (Å²) in [6.45, 7) is 0.258. The van der Waals surface area contributed by atoms with E-state index in [9.17, 15) is 14.9 Å². The van der Waals surface area contributed by atoms with Crippen molar-refractivity contribution in [1.82, 2.24) is 10.1 Å². The van der Waals surface area contributed by atoms with Crippen LogP contribution in [0.15, 0.2) is 53.1 Å². The average molecular weight is 412 g/mol. The largest absolute Gasteiger partial charge is 0.497 e. The maximum absolute atomic E-state index is 11.9. The van der Waals surface area contributed by atoms with Gasteiger partial charge in [-0.3, -0.25) is 14.9 Å². The molecule has 1 heterocycles. The van der Waals surface area contributed by atoms with Crippen LogP contribution < -0.4 is 10.1 Å². The summed E-state index contributed by atoms with van der Waals surface area (Å²) in [6, 6.07) is 13.5. The summed E-state index contributed by atoms with van der Waals surface area (Å²) in [5.74, 6) is 0.785. The second-order valence-corrected chi connectivity index (χ2v) is 6.21. The van der Waals surface area contributed by atoms with Crippen LogP contribution >= 0.6 is 0 Å². The predicted octanol–water partition coefficient (Wildman–Crippen LogP) is 3.59. The van der Waals surface area contributed by atoms with Gasteiger partial charge in [0.15, 0.2) is 6.61 Å². The molecule has 0 atom stereocenters.